The highest BCUT2D eigenvalue weighted by atomic mass is 16.5. The first-order valence-corrected chi connectivity index (χ1v) is 7.24. The molecule has 114 valence electrons. The van der Waals surface area contributed by atoms with E-state index in [2.05, 4.69) is 20.1 Å². The minimum Gasteiger partial charge on any atom is -0.496 e. The Morgan fingerprint density at radius 1 is 1.13 bits per heavy atom. The molecule has 0 radical (unpaired) electrons. The highest BCUT2D eigenvalue weighted by Crippen LogP contribution is 2.32. The average Bonchev–Trinajstić information content (AvgIpc) is 3.16. The Balaban J connectivity index is 1.92. The second kappa shape index (κ2) is 5.24. The van der Waals surface area contributed by atoms with Gasteiger partial charge in [-0.05, 0) is 24.3 Å². The number of hydrogen-bond donors (Lipinski definition) is 1. The van der Waals surface area contributed by atoms with E-state index in [1.54, 1.807) is 24.2 Å². The lowest BCUT2D eigenvalue weighted by Gasteiger charge is -2.05. The van der Waals surface area contributed by atoms with Gasteiger partial charge in [0.2, 0.25) is 0 Å². The highest BCUT2D eigenvalue weighted by molar-refractivity contribution is 5.90. The molecule has 0 aliphatic carbocycles. The number of nitrogens with zero attached hydrogens (tertiary/aromatic N) is 4. The van der Waals surface area contributed by atoms with E-state index in [-0.39, 0.29) is 0 Å². The fraction of sp³-hybridized carbons (Fsp3) is 0.118. The van der Waals surface area contributed by atoms with Crippen molar-refractivity contribution < 1.29 is 4.74 Å². The molecular weight excluding hydrogens is 290 g/mol. The van der Waals surface area contributed by atoms with Gasteiger partial charge in [-0.3, -0.25) is 4.98 Å². The van der Waals surface area contributed by atoms with Gasteiger partial charge >= 0.3 is 0 Å². The Labute approximate surface area is 132 Å². The van der Waals surface area contributed by atoms with Gasteiger partial charge in [0.05, 0.1) is 12.7 Å². The van der Waals surface area contributed by atoms with Gasteiger partial charge in [-0.15, -0.1) is 0 Å². The minimum absolute atomic E-state index is 0.760. The summed E-state index contributed by atoms with van der Waals surface area (Å²) in [6.45, 7) is 0. The summed E-state index contributed by atoms with van der Waals surface area (Å²) < 4.78 is 7.20. The van der Waals surface area contributed by atoms with Gasteiger partial charge in [-0.1, -0.05) is 12.1 Å². The second-order valence-corrected chi connectivity index (χ2v) is 5.20. The third kappa shape index (κ3) is 2.15. The number of methoxy groups -OCH3 is 1. The molecule has 4 rings (SSSR count). The van der Waals surface area contributed by atoms with Gasteiger partial charge in [0.25, 0.3) is 0 Å². The van der Waals surface area contributed by atoms with Crippen LogP contribution in [-0.2, 0) is 7.05 Å². The molecule has 0 saturated heterocycles. The van der Waals surface area contributed by atoms with E-state index in [9.17, 15) is 0 Å². The molecule has 1 aromatic carbocycles. The summed E-state index contributed by atoms with van der Waals surface area (Å²) in [5.41, 5.74) is 4.40. The Bertz CT molecular complexity index is 971. The van der Waals surface area contributed by atoms with E-state index >= 15 is 0 Å². The van der Waals surface area contributed by atoms with Gasteiger partial charge < -0.3 is 9.72 Å². The number of aromatic nitrogens is 5. The van der Waals surface area contributed by atoms with Crippen molar-refractivity contribution in [3.05, 3.63) is 48.8 Å². The number of aromatic amines is 1. The maximum atomic E-state index is 5.42. The van der Waals surface area contributed by atoms with Crippen LogP contribution in [0.15, 0.2) is 48.8 Å². The van der Waals surface area contributed by atoms with Crippen LogP contribution in [-0.4, -0.2) is 31.8 Å². The Morgan fingerprint density at radius 2 is 2.00 bits per heavy atom. The summed E-state index contributed by atoms with van der Waals surface area (Å²) in [6, 6.07) is 11.7. The Morgan fingerprint density at radius 3 is 2.78 bits per heavy atom. The second-order valence-electron chi connectivity index (χ2n) is 5.20. The monoisotopic (exact) mass is 305 g/mol. The SMILES string of the molecule is COc1ccccc1-c1nc2c([nH]1)c(-c1cccnc1)nn2C. The molecule has 0 aliphatic rings. The molecule has 23 heavy (non-hydrogen) atoms. The third-order valence-corrected chi connectivity index (χ3v) is 3.78. The van der Waals surface area contributed by atoms with E-state index in [1.807, 2.05) is 43.4 Å². The third-order valence-electron chi connectivity index (χ3n) is 3.78. The minimum atomic E-state index is 0.760. The van der Waals surface area contributed by atoms with Crippen LogP contribution in [0.1, 0.15) is 0 Å². The zero-order valence-corrected chi connectivity index (χ0v) is 12.8. The lowest BCUT2D eigenvalue weighted by Crippen LogP contribution is -1.93. The molecule has 1 N–H and O–H groups in total. The number of fused-ring (bicyclic) bond motifs is 1. The number of imidazole rings is 1. The molecular formula is C17H15N5O. The highest BCUT2D eigenvalue weighted by Gasteiger charge is 2.17. The largest absolute Gasteiger partial charge is 0.496 e. The number of para-hydroxylation sites is 1. The molecule has 4 aromatic rings. The standard InChI is InChI=1S/C17H15N5O/c1-22-17-15(14(21-22)11-6-5-9-18-10-11)19-16(20-17)12-7-3-4-8-13(12)23-2/h3-10H,1-2H3,(H,19,20). The molecule has 0 aliphatic heterocycles. The van der Waals surface area contributed by atoms with Crippen molar-refractivity contribution in [1.82, 2.24) is 24.7 Å². The first-order chi connectivity index (χ1) is 11.3. The zero-order valence-electron chi connectivity index (χ0n) is 12.8. The van der Waals surface area contributed by atoms with Gasteiger partial charge in [-0.25, -0.2) is 9.67 Å². The van der Waals surface area contributed by atoms with Crippen LogP contribution in [0.3, 0.4) is 0 Å². The molecule has 0 spiro atoms. The summed E-state index contributed by atoms with van der Waals surface area (Å²) in [5.74, 6) is 1.54. The molecule has 6 nitrogen and oxygen atoms in total. The topological polar surface area (TPSA) is 68.6 Å². The molecule has 6 heteroatoms. The van der Waals surface area contributed by atoms with Crippen molar-refractivity contribution in [2.24, 2.45) is 7.05 Å². The van der Waals surface area contributed by atoms with Crippen molar-refractivity contribution in [2.75, 3.05) is 7.11 Å². The molecule has 0 fully saturated rings. The molecule has 0 amide bonds. The first kappa shape index (κ1) is 13.5. The van der Waals surface area contributed by atoms with E-state index in [1.165, 1.54) is 0 Å². The van der Waals surface area contributed by atoms with E-state index in [0.29, 0.717) is 0 Å². The molecule has 3 heterocycles. The predicted octanol–water partition coefficient (Wildman–Crippen LogP) is 3.03. The predicted molar refractivity (Wildman–Crippen MR) is 88.1 cm³/mol. The van der Waals surface area contributed by atoms with Crippen molar-refractivity contribution in [3.63, 3.8) is 0 Å². The summed E-state index contributed by atoms with van der Waals surface area (Å²) in [7, 11) is 3.54. The van der Waals surface area contributed by atoms with Crippen molar-refractivity contribution in [1.29, 1.82) is 0 Å². The van der Waals surface area contributed by atoms with Crippen LogP contribution in [0.4, 0.5) is 0 Å². The molecule has 0 unspecified atom stereocenters. The van der Waals surface area contributed by atoms with Gasteiger partial charge in [0, 0.05) is 25.0 Å². The average molecular weight is 305 g/mol. The van der Waals surface area contributed by atoms with Crippen LogP contribution in [0, 0.1) is 0 Å². The van der Waals surface area contributed by atoms with Gasteiger partial charge in [-0.2, -0.15) is 5.10 Å². The van der Waals surface area contributed by atoms with Crippen molar-refractivity contribution in [3.8, 4) is 28.4 Å². The van der Waals surface area contributed by atoms with Crippen LogP contribution in [0.25, 0.3) is 33.8 Å². The summed E-state index contributed by atoms with van der Waals surface area (Å²) in [4.78, 5) is 12.2. The van der Waals surface area contributed by atoms with Crippen molar-refractivity contribution >= 4 is 11.2 Å². The Kier molecular flexibility index (Phi) is 3.08. The summed E-state index contributed by atoms with van der Waals surface area (Å²) in [5, 5.41) is 4.55. The van der Waals surface area contributed by atoms with E-state index in [0.717, 1.165) is 39.6 Å². The van der Waals surface area contributed by atoms with Gasteiger partial charge in [0.15, 0.2) is 5.65 Å². The smallest absolute Gasteiger partial charge is 0.177 e. The molecule has 0 bridgehead atoms. The number of nitrogens with one attached hydrogen (secondary N) is 1. The fourth-order valence-electron chi connectivity index (χ4n) is 2.68. The summed E-state index contributed by atoms with van der Waals surface area (Å²) in [6.07, 6.45) is 3.54. The van der Waals surface area contributed by atoms with Crippen LogP contribution in [0.5, 0.6) is 5.75 Å². The van der Waals surface area contributed by atoms with E-state index in [4.69, 9.17) is 4.74 Å². The molecule has 0 saturated carbocycles. The van der Waals surface area contributed by atoms with Crippen LogP contribution in [0.2, 0.25) is 0 Å². The lowest BCUT2D eigenvalue weighted by molar-refractivity contribution is 0.416. The number of H-pyrrole nitrogens is 1. The number of hydrogen-bond acceptors (Lipinski definition) is 4. The molecule has 0 atom stereocenters. The summed E-state index contributed by atoms with van der Waals surface area (Å²) >= 11 is 0. The maximum absolute atomic E-state index is 5.42. The molecule has 3 aromatic heterocycles. The maximum Gasteiger partial charge on any atom is 0.177 e. The number of ether oxygens (including phenoxy) is 1. The number of aryl methyl sites for hydroxylation is 1. The lowest BCUT2D eigenvalue weighted by atomic mass is 10.2. The van der Waals surface area contributed by atoms with E-state index < -0.39 is 0 Å². The number of pyridine rings is 1. The quantitative estimate of drug-likeness (QED) is 0.631. The van der Waals surface area contributed by atoms with Gasteiger partial charge in [0.1, 0.15) is 22.8 Å². The fourth-order valence-corrected chi connectivity index (χ4v) is 2.68. The number of benzene rings is 1. The first-order valence-electron chi connectivity index (χ1n) is 7.24. The van der Waals surface area contributed by atoms with Crippen molar-refractivity contribution in [2.45, 2.75) is 0 Å². The Hall–Kier alpha value is -3.15. The zero-order chi connectivity index (χ0) is 15.8. The normalized spacial score (nSPS) is 11.0. The van der Waals surface area contributed by atoms with Crippen LogP contribution >= 0.6 is 0 Å². The van der Waals surface area contributed by atoms with Crippen LogP contribution < -0.4 is 4.74 Å². The number of rotatable bonds is 3.